The lowest BCUT2D eigenvalue weighted by Crippen LogP contribution is -2.36. The third kappa shape index (κ3) is 4.10. The van der Waals surface area contributed by atoms with Crippen LogP contribution in [-0.2, 0) is 27.1 Å². The third-order valence-electron chi connectivity index (χ3n) is 19.0. The highest BCUT2D eigenvalue weighted by atomic mass is 15.0. The van der Waals surface area contributed by atoms with Gasteiger partial charge in [-0.3, -0.25) is 9.97 Å². The van der Waals surface area contributed by atoms with Crippen LogP contribution < -0.4 is 0 Å². The standard InChI is InChI=1S/C65H55N3/c1-61(2)29-31-63(5,6)59-52(61)48-42-33-41-36-21-15-18-28-45(36)65(43-26-16-13-19-34(43)35-20-14-17-27-44(35)65)51(41)49-50-53-60(64(7,8)32-30-62(53,3)4)67-55-47-39-24-11-9-22-37(39)46(38-23-10-12-25-40(38)47)54(66-59)57(48)68(56(42)49)58(50)55/h9-28,33,46-47H,29-32H2,1-8H3. The van der Waals surface area contributed by atoms with Crippen LogP contribution in [0.2, 0.25) is 0 Å². The topological polar surface area (TPSA) is 30.2 Å². The summed E-state index contributed by atoms with van der Waals surface area (Å²) in [7, 11) is 0. The Morgan fingerprint density at radius 2 is 0.765 bits per heavy atom. The lowest BCUT2D eigenvalue weighted by molar-refractivity contribution is 0.325. The molecule has 0 amide bonds. The number of hydrogen-bond acceptors (Lipinski definition) is 2. The summed E-state index contributed by atoms with van der Waals surface area (Å²) in [6, 6.07) is 49.7. The number of pyridine rings is 2. The van der Waals surface area contributed by atoms with E-state index in [9.17, 15) is 0 Å². The fraction of sp³-hybridized carbons (Fsp3) is 0.292. The van der Waals surface area contributed by atoms with Gasteiger partial charge in [0.2, 0.25) is 0 Å². The van der Waals surface area contributed by atoms with E-state index in [2.05, 4.69) is 187 Å². The van der Waals surface area contributed by atoms with Crippen molar-refractivity contribution in [1.29, 1.82) is 0 Å². The van der Waals surface area contributed by atoms with Crippen LogP contribution in [-0.4, -0.2) is 14.4 Å². The highest BCUT2D eigenvalue weighted by Gasteiger charge is 2.55. The molecule has 0 unspecified atom stereocenters. The molecular weight excluding hydrogens is 823 g/mol. The summed E-state index contributed by atoms with van der Waals surface area (Å²) in [5.41, 5.74) is 27.5. The molecule has 0 saturated carbocycles. The van der Waals surface area contributed by atoms with E-state index in [1.54, 1.807) is 0 Å². The zero-order valence-corrected chi connectivity index (χ0v) is 40.4. The van der Waals surface area contributed by atoms with Gasteiger partial charge in [-0.05, 0) is 120 Å². The van der Waals surface area contributed by atoms with Crippen LogP contribution in [0.3, 0.4) is 0 Å². The van der Waals surface area contributed by atoms with Gasteiger partial charge in [-0.2, -0.15) is 0 Å². The average Bonchev–Trinajstić information content (AvgIpc) is 4.05. The molecule has 6 aromatic carbocycles. The van der Waals surface area contributed by atoms with E-state index < -0.39 is 5.41 Å². The molecule has 330 valence electrons. The molecule has 3 heteroatoms. The van der Waals surface area contributed by atoms with E-state index in [1.807, 2.05) is 0 Å². The zero-order valence-electron chi connectivity index (χ0n) is 40.4. The Morgan fingerprint density at radius 1 is 0.397 bits per heavy atom. The lowest BCUT2D eigenvalue weighted by Gasteiger charge is -2.42. The molecule has 6 heterocycles. The molecule has 5 aliphatic carbocycles. The molecule has 2 bridgehead atoms. The van der Waals surface area contributed by atoms with Crippen LogP contribution in [0.25, 0.3) is 60.3 Å². The first-order valence-corrected chi connectivity index (χ1v) is 25.4. The van der Waals surface area contributed by atoms with E-state index in [0.29, 0.717) is 0 Å². The van der Waals surface area contributed by atoms with E-state index in [-0.39, 0.29) is 33.5 Å². The largest absolute Gasteiger partial charge is 0.304 e. The monoisotopic (exact) mass is 877 g/mol. The van der Waals surface area contributed by atoms with Gasteiger partial charge in [-0.1, -0.05) is 177 Å². The average molecular weight is 878 g/mol. The second kappa shape index (κ2) is 11.8. The highest BCUT2D eigenvalue weighted by Crippen LogP contribution is 2.68. The Labute approximate surface area is 398 Å². The van der Waals surface area contributed by atoms with Crippen molar-refractivity contribution in [2.75, 3.05) is 0 Å². The molecule has 0 atom stereocenters. The maximum absolute atomic E-state index is 6.32. The van der Waals surface area contributed by atoms with Crippen molar-refractivity contribution in [3.8, 4) is 22.3 Å². The summed E-state index contributed by atoms with van der Waals surface area (Å²) in [6.45, 7) is 20.0. The van der Waals surface area contributed by atoms with Crippen molar-refractivity contribution >= 4 is 38.1 Å². The minimum atomic E-state index is -0.521. The SMILES string of the molecule is CC1(C)CCC(C)(C)c2c1nc1c3c2c2cc4c(c5c6c7c(nc(c6n3c25)C2c3ccccc3C1c1ccccc12)C(C)(C)CCC7(C)C)C1(c2ccccc2-c2ccccc21)c1ccccc1-4. The zero-order chi connectivity index (χ0) is 45.8. The number of rotatable bonds is 0. The van der Waals surface area contributed by atoms with Gasteiger partial charge in [0, 0.05) is 32.4 Å². The van der Waals surface area contributed by atoms with Gasteiger partial charge in [-0.25, -0.2) is 0 Å². The predicted octanol–water partition coefficient (Wildman–Crippen LogP) is 15.7. The smallest absolute Gasteiger partial charge is 0.0773 e. The first-order chi connectivity index (χ1) is 32.8. The minimum absolute atomic E-state index is 0.0373. The van der Waals surface area contributed by atoms with Crippen molar-refractivity contribution in [3.05, 3.63) is 206 Å². The molecule has 0 fully saturated rings. The Balaban J connectivity index is 1.27. The second-order valence-electron chi connectivity index (χ2n) is 24.3. The Bertz CT molecular complexity index is 3910. The summed E-state index contributed by atoms with van der Waals surface area (Å²) in [6.07, 6.45) is 4.42. The van der Waals surface area contributed by atoms with Crippen molar-refractivity contribution in [1.82, 2.24) is 14.4 Å². The van der Waals surface area contributed by atoms with Crippen molar-refractivity contribution in [2.24, 2.45) is 0 Å². The molecule has 68 heavy (non-hydrogen) atoms. The van der Waals surface area contributed by atoms with E-state index >= 15 is 0 Å². The number of aromatic nitrogens is 3. The first-order valence-electron chi connectivity index (χ1n) is 25.4. The summed E-state index contributed by atoms with van der Waals surface area (Å²) in [5.74, 6) is -0.0889. The maximum Gasteiger partial charge on any atom is 0.0773 e. The second-order valence-corrected chi connectivity index (χ2v) is 24.3. The van der Waals surface area contributed by atoms with Gasteiger partial charge in [-0.15, -0.1) is 0 Å². The number of nitrogens with zero attached hydrogens (tertiary/aromatic N) is 3. The molecule has 3 nitrogen and oxygen atoms in total. The van der Waals surface area contributed by atoms with E-state index in [4.69, 9.17) is 9.97 Å². The van der Waals surface area contributed by atoms with Crippen LogP contribution in [0.4, 0.5) is 0 Å². The van der Waals surface area contributed by atoms with Gasteiger partial charge < -0.3 is 4.40 Å². The molecule has 0 saturated heterocycles. The van der Waals surface area contributed by atoms with E-state index in [0.717, 1.165) is 25.7 Å². The first kappa shape index (κ1) is 38.4. The van der Waals surface area contributed by atoms with Gasteiger partial charge in [0.1, 0.15) is 0 Å². The number of benzene rings is 6. The summed E-state index contributed by atoms with van der Waals surface area (Å²) < 4.78 is 2.82. The van der Waals surface area contributed by atoms with Crippen LogP contribution in [0.15, 0.2) is 127 Å². The van der Waals surface area contributed by atoms with Crippen LogP contribution >= 0.6 is 0 Å². The van der Waals surface area contributed by atoms with E-state index in [1.165, 1.54) is 139 Å². The molecule has 17 rings (SSSR count). The van der Waals surface area contributed by atoms with Crippen molar-refractivity contribution in [2.45, 2.75) is 120 Å². The molecule has 1 spiro atoms. The van der Waals surface area contributed by atoms with Crippen LogP contribution in [0, 0.1) is 0 Å². The Hall–Kier alpha value is -6.58. The highest BCUT2D eigenvalue weighted by molar-refractivity contribution is 6.30. The van der Waals surface area contributed by atoms with Gasteiger partial charge in [0.15, 0.2) is 0 Å². The van der Waals surface area contributed by atoms with Crippen LogP contribution in [0.1, 0.15) is 171 Å². The third-order valence-corrected chi connectivity index (χ3v) is 19.0. The molecular formula is C65H55N3. The molecule has 2 aliphatic heterocycles. The fourth-order valence-corrected chi connectivity index (χ4v) is 15.8. The quantitative estimate of drug-likeness (QED) is 0.152. The normalized spacial score (nSPS) is 21.6. The molecule has 0 N–H and O–H groups in total. The predicted molar refractivity (Wildman–Crippen MR) is 278 cm³/mol. The molecule has 7 aliphatic rings. The lowest BCUT2D eigenvalue weighted by atomic mass is 9.63. The summed E-state index contributed by atoms with van der Waals surface area (Å²) in [4.78, 5) is 12.6. The maximum atomic E-state index is 6.32. The Morgan fingerprint density at radius 3 is 1.24 bits per heavy atom. The minimum Gasteiger partial charge on any atom is -0.304 e. The number of fused-ring (bicyclic) bond motifs is 17. The molecule has 0 radical (unpaired) electrons. The van der Waals surface area contributed by atoms with Gasteiger partial charge >= 0.3 is 0 Å². The summed E-state index contributed by atoms with van der Waals surface area (Å²) >= 11 is 0. The van der Waals surface area contributed by atoms with Crippen molar-refractivity contribution in [3.63, 3.8) is 0 Å². The molecule has 4 aromatic heterocycles. The Kier molecular flexibility index (Phi) is 6.67. The van der Waals surface area contributed by atoms with Gasteiger partial charge in [0.25, 0.3) is 0 Å². The summed E-state index contributed by atoms with van der Waals surface area (Å²) in [5, 5.41) is 5.66. The number of hydrogen-bond donors (Lipinski definition) is 0. The fourth-order valence-electron chi connectivity index (χ4n) is 15.8. The van der Waals surface area contributed by atoms with Crippen molar-refractivity contribution < 1.29 is 0 Å². The van der Waals surface area contributed by atoms with Gasteiger partial charge in [0.05, 0.1) is 56.6 Å². The van der Waals surface area contributed by atoms with Crippen LogP contribution in [0.5, 0.6) is 0 Å². The molecule has 10 aromatic rings.